The smallest absolute Gasteiger partial charge is 0.242 e. The highest BCUT2D eigenvalue weighted by molar-refractivity contribution is 9.10. The van der Waals surface area contributed by atoms with E-state index >= 15 is 0 Å². The van der Waals surface area contributed by atoms with Crippen molar-refractivity contribution in [3.8, 4) is 0 Å². The van der Waals surface area contributed by atoms with Gasteiger partial charge in [-0.15, -0.1) is 0 Å². The monoisotopic (exact) mass is 340 g/mol. The summed E-state index contributed by atoms with van der Waals surface area (Å²) < 4.78 is 0.717. The number of amides is 1. The fraction of sp³-hybridized carbons (Fsp3) is 0.643. The van der Waals surface area contributed by atoms with Crippen LogP contribution in [-0.4, -0.2) is 28.0 Å². The highest BCUT2D eigenvalue weighted by Crippen LogP contribution is 2.23. The first-order valence-corrected chi connectivity index (χ1v) is 7.67. The molecule has 1 atom stereocenters. The van der Waals surface area contributed by atoms with Gasteiger partial charge in [0, 0.05) is 17.5 Å². The zero-order chi connectivity index (χ0) is 14.9. The third-order valence-electron chi connectivity index (χ3n) is 3.05. The molecule has 20 heavy (non-hydrogen) atoms. The average molecular weight is 341 g/mol. The first-order valence-electron chi connectivity index (χ1n) is 6.87. The van der Waals surface area contributed by atoms with Crippen molar-refractivity contribution in [2.24, 2.45) is 0 Å². The molecule has 2 N–H and O–H groups in total. The molecular formula is C14H21BrN4O. The van der Waals surface area contributed by atoms with E-state index in [4.69, 9.17) is 0 Å². The summed E-state index contributed by atoms with van der Waals surface area (Å²) in [5.41, 5.74) is -0.139. The van der Waals surface area contributed by atoms with Crippen molar-refractivity contribution in [3.63, 3.8) is 0 Å². The first kappa shape index (κ1) is 15.2. The molecule has 0 bridgehead atoms. The summed E-state index contributed by atoms with van der Waals surface area (Å²) in [7, 11) is 0. The maximum atomic E-state index is 11.9. The fourth-order valence-electron chi connectivity index (χ4n) is 1.67. The molecule has 110 valence electrons. The Morgan fingerprint density at radius 1 is 1.40 bits per heavy atom. The Labute approximate surface area is 128 Å². The summed E-state index contributed by atoms with van der Waals surface area (Å²) in [6.45, 7) is 8.01. The van der Waals surface area contributed by atoms with Gasteiger partial charge in [-0.05, 0) is 35.7 Å². The standard InChI is InChI=1S/C14H21BrN4O/c1-8(12(20)17-9-5-6-9)16-11-7-10(15)18-13(19-11)14(2,3)4/h7-9H,5-6H2,1-4H3,(H,17,20)(H,16,18,19). The van der Waals surface area contributed by atoms with Crippen LogP contribution in [0.25, 0.3) is 0 Å². The largest absolute Gasteiger partial charge is 0.358 e. The van der Waals surface area contributed by atoms with Gasteiger partial charge < -0.3 is 10.6 Å². The molecule has 0 radical (unpaired) electrons. The van der Waals surface area contributed by atoms with Gasteiger partial charge in [0.15, 0.2) is 0 Å². The van der Waals surface area contributed by atoms with Gasteiger partial charge in [-0.3, -0.25) is 4.79 Å². The lowest BCUT2D eigenvalue weighted by Gasteiger charge is -2.19. The summed E-state index contributed by atoms with van der Waals surface area (Å²) >= 11 is 3.39. The topological polar surface area (TPSA) is 66.9 Å². The minimum absolute atomic E-state index is 0.0135. The predicted molar refractivity (Wildman–Crippen MR) is 82.7 cm³/mol. The lowest BCUT2D eigenvalue weighted by Crippen LogP contribution is -2.39. The molecule has 0 aromatic carbocycles. The van der Waals surface area contributed by atoms with Crippen molar-refractivity contribution in [2.45, 2.75) is 58.0 Å². The van der Waals surface area contributed by atoms with E-state index < -0.39 is 0 Å². The second-order valence-electron chi connectivity index (χ2n) is 6.30. The van der Waals surface area contributed by atoms with Crippen molar-refractivity contribution < 1.29 is 4.79 Å². The van der Waals surface area contributed by atoms with E-state index in [1.807, 2.05) is 6.92 Å². The minimum atomic E-state index is -0.315. The molecule has 1 amide bonds. The number of nitrogens with one attached hydrogen (secondary N) is 2. The van der Waals surface area contributed by atoms with Gasteiger partial charge in [-0.1, -0.05) is 20.8 Å². The van der Waals surface area contributed by atoms with Crippen molar-refractivity contribution in [1.29, 1.82) is 0 Å². The number of nitrogens with zero attached hydrogens (tertiary/aromatic N) is 2. The van der Waals surface area contributed by atoms with E-state index in [9.17, 15) is 4.79 Å². The molecule has 1 fully saturated rings. The normalized spacial score (nSPS) is 16.6. The zero-order valence-corrected chi connectivity index (χ0v) is 13.9. The van der Waals surface area contributed by atoms with Gasteiger partial charge in [-0.25, -0.2) is 9.97 Å². The maximum absolute atomic E-state index is 11.9. The van der Waals surface area contributed by atoms with Gasteiger partial charge in [0.2, 0.25) is 5.91 Å². The van der Waals surface area contributed by atoms with Gasteiger partial charge in [0.1, 0.15) is 22.3 Å². The van der Waals surface area contributed by atoms with Crippen LogP contribution in [0.5, 0.6) is 0 Å². The fourth-order valence-corrected chi connectivity index (χ4v) is 2.05. The molecule has 0 saturated heterocycles. The van der Waals surface area contributed by atoms with E-state index in [0.717, 1.165) is 23.3 Å². The van der Waals surface area contributed by atoms with Crippen LogP contribution >= 0.6 is 15.9 Å². The van der Waals surface area contributed by atoms with Gasteiger partial charge in [-0.2, -0.15) is 0 Å². The van der Waals surface area contributed by atoms with Crippen LogP contribution < -0.4 is 10.6 Å². The molecule has 0 aliphatic heterocycles. The second kappa shape index (κ2) is 5.68. The lowest BCUT2D eigenvalue weighted by atomic mass is 9.96. The molecular weight excluding hydrogens is 320 g/mol. The van der Waals surface area contributed by atoms with Gasteiger partial charge in [0.25, 0.3) is 0 Å². The van der Waals surface area contributed by atoms with Crippen molar-refractivity contribution >= 4 is 27.7 Å². The van der Waals surface area contributed by atoms with E-state index in [0.29, 0.717) is 11.9 Å². The molecule has 1 saturated carbocycles. The second-order valence-corrected chi connectivity index (χ2v) is 7.11. The Morgan fingerprint density at radius 3 is 2.60 bits per heavy atom. The van der Waals surface area contributed by atoms with Crippen LogP contribution in [0.2, 0.25) is 0 Å². The molecule has 2 rings (SSSR count). The van der Waals surface area contributed by atoms with Crippen molar-refractivity contribution in [3.05, 3.63) is 16.5 Å². The number of aromatic nitrogens is 2. The Hall–Kier alpha value is -1.17. The van der Waals surface area contributed by atoms with Crippen molar-refractivity contribution in [1.82, 2.24) is 15.3 Å². The van der Waals surface area contributed by atoms with Gasteiger partial charge in [0.05, 0.1) is 0 Å². The quantitative estimate of drug-likeness (QED) is 0.826. The Balaban J connectivity index is 2.08. The van der Waals surface area contributed by atoms with E-state index in [2.05, 4.69) is 57.3 Å². The van der Waals surface area contributed by atoms with Crippen LogP contribution in [0.3, 0.4) is 0 Å². The Bertz CT molecular complexity index is 508. The van der Waals surface area contributed by atoms with Crippen LogP contribution in [0.15, 0.2) is 10.7 Å². The SMILES string of the molecule is CC(Nc1cc(Br)nc(C(C)(C)C)n1)C(=O)NC1CC1. The number of hydrogen-bond donors (Lipinski definition) is 2. The zero-order valence-electron chi connectivity index (χ0n) is 12.3. The molecule has 0 spiro atoms. The van der Waals surface area contributed by atoms with E-state index in [-0.39, 0.29) is 17.4 Å². The Kier molecular flexibility index (Phi) is 4.32. The third kappa shape index (κ3) is 4.16. The molecule has 1 aliphatic carbocycles. The molecule has 1 aromatic heterocycles. The lowest BCUT2D eigenvalue weighted by molar-refractivity contribution is -0.121. The molecule has 1 heterocycles. The summed E-state index contributed by atoms with van der Waals surface area (Å²) in [6.07, 6.45) is 2.18. The number of rotatable bonds is 4. The van der Waals surface area contributed by atoms with Crippen LogP contribution in [0.4, 0.5) is 5.82 Å². The van der Waals surface area contributed by atoms with Crippen LogP contribution in [-0.2, 0) is 10.2 Å². The number of anilines is 1. The summed E-state index contributed by atoms with van der Waals surface area (Å²) in [5.74, 6) is 1.42. The minimum Gasteiger partial charge on any atom is -0.358 e. The third-order valence-corrected chi connectivity index (χ3v) is 3.45. The molecule has 1 unspecified atom stereocenters. The number of halogens is 1. The average Bonchev–Trinajstić information content (AvgIpc) is 3.10. The summed E-state index contributed by atoms with van der Waals surface area (Å²) in [6, 6.07) is 1.84. The summed E-state index contributed by atoms with van der Waals surface area (Å²) in [5, 5.41) is 6.11. The first-order chi connectivity index (χ1) is 9.25. The predicted octanol–water partition coefficient (Wildman–Crippen LogP) is 2.62. The Morgan fingerprint density at radius 2 is 2.05 bits per heavy atom. The number of carbonyl (C=O) groups is 1. The highest BCUT2D eigenvalue weighted by atomic mass is 79.9. The summed E-state index contributed by atoms with van der Waals surface area (Å²) in [4.78, 5) is 20.8. The van der Waals surface area contributed by atoms with Crippen LogP contribution in [0, 0.1) is 0 Å². The molecule has 1 aromatic rings. The van der Waals surface area contributed by atoms with E-state index in [1.54, 1.807) is 6.07 Å². The number of carbonyl (C=O) groups excluding carboxylic acids is 1. The molecule has 6 heteroatoms. The highest BCUT2D eigenvalue weighted by Gasteiger charge is 2.26. The van der Waals surface area contributed by atoms with E-state index in [1.165, 1.54) is 0 Å². The van der Waals surface area contributed by atoms with Crippen molar-refractivity contribution in [2.75, 3.05) is 5.32 Å². The van der Waals surface area contributed by atoms with Gasteiger partial charge >= 0.3 is 0 Å². The van der Waals surface area contributed by atoms with Crippen LogP contribution in [0.1, 0.15) is 46.4 Å². The number of hydrogen-bond acceptors (Lipinski definition) is 4. The molecule has 5 nitrogen and oxygen atoms in total. The molecule has 1 aliphatic rings. The maximum Gasteiger partial charge on any atom is 0.242 e.